The Morgan fingerprint density at radius 3 is 2.57 bits per heavy atom. The molecule has 0 aromatic heterocycles. The molecule has 0 aliphatic carbocycles. The molecule has 0 spiro atoms. The average Bonchev–Trinajstić information content (AvgIpc) is 3.05. The Kier molecular flexibility index (Phi) is 11.1. The second-order valence-electron chi connectivity index (χ2n) is 9.06. The first kappa shape index (κ1) is 28.3. The van der Waals surface area contributed by atoms with Gasteiger partial charge in [-0.3, -0.25) is 19.9 Å². The molecule has 3 unspecified atom stereocenters. The highest BCUT2D eigenvalue weighted by molar-refractivity contribution is 5.88. The van der Waals surface area contributed by atoms with E-state index in [2.05, 4.69) is 10.2 Å². The van der Waals surface area contributed by atoms with E-state index >= 15 is 0 Å². The van der Waals surface area contributed by atoms with Gasteiger partial charge in [-0.05, 0) is 51.0 Å². The minimum atomic E-state index is -0.896. The molecule has 0 radical (unpaired) electrons. The number of benzene rings is 1. The van der Waals surface area contributed by atoms with Gasteiger partial charge in [-0.1, -0.05) is 30.3 Å². The molecule has 0 saturated carbocycles. The van der Waals surface area contributed by atoms with Gasteiger partial charge in [-0.15, -0.1) is 10.1 Å². The van der Waals surface area contributed by atoms with Gasteiger partial charge in [-0.2, -0.15) is 0 Å². The predicted molar refractivity (Wildman–Crippen MR) is 131 cm³/mol. The molecular weight excluding hydrogens is 484 g/mol. The number of amides is 1. The van der Waals surface area contributed by atoms with E-state index in [0.717, 1.165) is 12.0 Å². The minimum Gasteiger partial charge on any atom is -0.465 e. The van der Waals surface area contributed by atoms with Crippen LogP contribution in [0, 0.1) is 10.1 Å². The molecular formula is C25H36N4O8. The summed E-state index contributed by atoms with van der Waals surface area (Å²) in [6.45, 7) is 3.02. The SMILES string of the molecule is CCOC(=O)C(CCc1ccccc1)NC1CCCN2CCCC(C(=O)OCCCO[N+](=O)[O-])N2C1=O. The Labute approximate surface area is 216 Å². The van der Waals surface area contributed by atoms with Crippen molar-refractivity contribution in [3.05, 3.63) is 46.0 Å². The minimum absolute atomic E-state index is 0.0443. The van der Waals surface area contributed by atoms with E-state index in [9.17, 15) is 24.5 Å². The van der Waals surface area contributed by atoms with Crippen LogP contribution in [0.15, 0.2) is 30.3 Å². The number of carbonyl (C=O) groups excluding carboxylic acids is 3. The number of fused-ring (bicyclic) bond motifs is 1. The van der Waals surface area contributed by atoms with E-state index < -0.39 is 35.2 Å². The number of aryl methyl sites for hydroxylation is 1. The van der Waals surface area contributed by atoms with Crippen LogP contribution in [0.2, 0.25) is 0 Å². The smallest absolute Gasteiger partial charge is 0.330 e. The molecule has 2 aliphatic heterocycles. The first-order valence-electron chi connectivity index (χ1n) is 12.9. The van der Waals surface area contributed by atoms with Crippen LogP contribution in [0.5, 0.6) is 0 Å². The summed E-state index contributed by atoms with van der Waals surface area (Å²) in [5, 5.41) is 16.0. The van der Waals surface area contributed by atoms with Gasteiger partial charge in [0, 0.05) is 19.5 Å². The van der Waals surface area contributed by atoms with Gasteiger partial charge >= 0.3 is 11.9 Å². The molecule has 1 aromatic rings. The molecule has 2 fully saturated rings. The van der Waals surface area contributed by atoms with Gasteiger partial charge < -0.3 is 14.3 Å². The highest BCUT2D eigenvalue weighted by Gasteiger charge is 2.43. The van der Waals surface area contributed by atoms with Crippen molar-refractivity contribution in [3.8, 4) is 0 Å². The van der Waals surface area contributed by atoms with Gasteiger partial charge in [0.15, 0.2) is 0 Å². The summed E-state index contributed by atoms with van der Waals surface area (Å²) in [5.41, 5.74) is 1.08. The Bertz CT molecular complexity index is 915. The van der Waals surface area contributed by atoms with Crippen LogP contribution in [-0.4, -0.2) is 84.0 Å². The van der Waals surface area contributed by atoms with Crippen LogP contribution in [0.25, 0.3) is 0 Å². The number of esters is 2. The summed E-state index contributed by atoms with van der Waals surface area (Å²) in [6.07, 6.45) is 3.70. The Hall–Kier alpha value is -3.25. The number of hydrazine groups is 1. The van der Waals surface area contributed by atoms with Crippen molar-refractivity contribution in [2.24, 2.45) is 0 Å². The lowest BCUT2D eigenvalue weighted by molar-refractivity contribution is -0.757. The van der Waals surface area contributed by atoms with Gasteiger partial charge in [0.05, 0.1) is 25.9 Å². The van der Waals surface area contributed by atoms with Crippen molar-refractivity contribution in [2.75, 3.05) is 32.9 Å². The first-order chi connectivity index (χ1) is 17.9. The summed E-state index contributed by atoms with van der Waals surface area (Å²) in [5.74, 6) is -1.23. The van der Waals surface area contributed by atoms with Crippen LogP contribution in [-0.2, 0) is 35.1 Å². The maximum Gasteiger partial charge on any atom is 0.330 e. The van der Waals surface area contributed by atoms with Crippen molar-refractivity contribution < 1.29 is 33.8 Å². The van der Waals surface area contributed by atoms with Crippen LogP contribution in [0.4, 0.5) is 0 Å². The number of rotatable bonds is 13. The maximum atomic E-state index is 13.7. The van der Waals surface area contributed by atoms with Crippen molar-refractivity contribution in [3.63, 3.8) is 0 Å². The van der Waals surface area contributed by atoms with Gasteiger partial charge in [0.1, 0.15) is 12.1 Å². The quantitative estimate of drug-likeness (QED) is 0.177. The second-order valence-corrected chi connectivity index (χ2v) is 9.06. The summed E-state index contributed by atoms with van der Waals surface area (Å²) in [7, 11) is 0. The normalized spacial score (nSPS) is 20.9. The fourth-order valence-electron chi connectivity index (χ4n) is 4.72. The summed E-state index contributed by atoms with van der Waals surface area (Å²) in [6, 6.07) is 7.68. The zero-order valence-corrected chi connectivity index (χ0v) is 21.2. The zero-order valence-electron chi connectivity index (χ0n) is 21.2. The van der Waals surface area contributed by atoms with Crippen molar-refractivity contribution in [1.29, 1.82) is 0 Å². The lowest BCUT2D eigenvalue weighted by Gasteiger charge is -2.42. The Balaban J connectivity index is 1.66. The molecule has 1 aromatic carbocycles. The van der Waals surface area contributed by atoms with E-state index in [1.807, 2.05) is 35.3 Å². The lowest BCUT2D eigenvalue weighted by atomic mass is 10.0. The molecule has 3 atom stereocenters. The third-order valence-electron chi connectivity index (χ3n) is 6.47. The fourth-order valence-corrected chi connectivity index (χ4v) is 4.72. The van der Waals surface area contributed by atoms with Crippen molar-refractivity contribution >= 4 is 17.8 Å². The van der Waals surface area contributed by atoms with E-state index in [4.69, 9.17) is 9.47 Å². The second kappa shape index (κ2) is 14.5. The van der Waals surface area contributed by atoms with Gasteiger partial charge in [-0.25, -0.2) is 9.80 Å². The molecule has 1 N–H and O–H groups in total. The molecule has 2 heterocycles. The maximum absolute atomic E-state index is 13.7. The number of hydrogen-bond acceptors (Lipinski definition) is 10. The number of hydrogen-bond donors (Lipinski definition) is 1. The number of carbonyl (C=O) groups is 3. The molecule has 3 rings (SSSR count). The number of nitrogens with one attached hydrogen (secondary N) is 1. The molecule has 1 amide bonds. The molecule has 0 bridgehead atoms. The largest absolute Gasteiger partial charge is 0.465 e. The predicted octanol–water partition coefficient (Wildman–Crippen LogP) is 1.65. The molecule has 12 nitrogen and oxygen atoms in total. The van der Waals surface area contributed by atoms with Crippen LogP contribution < -0.4 is 5.32 Å². The van der Waals surface area contributed by atoms with E-state index in [-0.39, 0.29) is 32.1 Å². The highest BCUT2D eigenvalue weighted by Crippen LogP contribution is 2.25. The summed E-state index contributed by atoms with van der Waals surface area (Å²) in [4.78, 5) is 53.8. The van der Waals surface area contributed by atoms with Crippen LogP contribution in [0.3, 0.4) is 0 Å². The lowest BCUT2D eigenvalue weighted by Crippen LogP contribution is -2.62. The molecule has 204 valence electrons. The molecule has 12 heteroatoms. The fraction of sp³-hybridized carbons (Fsp3) is 0.640. The molecule has 2 aliphatic rings. The van der Waals surface area contributed by atoms with Crippen LogP contribution in [0.1, 0.15) is 51.0 Å². The Morgan fingerprint density at radius 2 is 1.86 bits per heavy atom. The summed E-state index contributed by atoms with van der Waals surface area (Å²) >= 11 is 0. The van der Waals surface area contributed by atoms with E-state index in [1.54, 1.807) is 6.92 Å². The molecule has 2 saturated heterocycles. The number of ether oxygens (including phenoxy) is 2. The highest BCUT2D eigenvalue weighted by atomic mass is 16.9. The standard InChI is InChI=1S/C25H36N4O8/c1-2-35-24(31)21(14-13-19-9-4-3-5-10-19)26-20-11-6-15-27-16-7-12-22(28(27)23(20)30)25(32)36-17-8-18-37-29(33)34/h3-5,9-10,20-22,26H,2,6-8,11-18H2,1H3. The van der Waals surface area contributed by atoms with Crippen molar-refractivity contribution in [2.45, 2.75) is 70.0 Å². The third kappa shape index (κ3) is 8.39. The van der Waals surface area contributed by atoms with Crippen molar-refractivity contribution in [1.82, 2.24) is 15.3 Å². The van der Waals surface area contributed by atoms with E-state index in [0.29, 0.717) is 45.2 Å². The number of nitrogens with zero attached hydrogens (tertiary/aromatic N) is 3. The zero-order chi connectivity index (χ0) is 26.6. The topological polar surface area (TPSA) is 141 Å². The average molecular weight is 521 g/mol. The van der Waals surface area contributed by atoms with Crippen LogP contribution >= 0.6 is 0 Å². The first-order valence-corrected chi connectivity index (χ1v) is 12.9. The third-order valence-corrected chi connectivity index (χ3v) is 6.47. The van der Waals surface area contributed by atoms with E-state index in [1.165, 1.54) is 5.01 Å². The van der Waals surface area contributed by atoms with Gasteiger partial charge in [0.25, 0.3) is 11.0 Å². The monoisotopic (exact) mass is 520 g/mol. The molecule has 37 heavy (non-hydrogen) atoms. The summed E-state index contributed by atoms with van der Waals surface area (Å²) < 4.78 is 10.6. The Morgan fingerprint density at radius 1 is 1.14 bits per heavy atom. The van der Waals surface area contributed by atoms with Gasteiger partial charge in [0.2, 0.25) is 0 Å².